The fourth-order valence-corrected chi connectivity index (χ4v) is 3.89. The largest absolute Gasteiger partial charge is 0.497 e. The molecule has 32 heavy (non-hydrogen) atoms. The second-order valence-corrected chi connectivity index (χ2v) is 7.91. The molecule has 7 nitrogen and oxygen atoms in total. The number of ether oxygens (including phenoxy) is 2. The Kier molecular flexibility index (Phi) is 7.27. The van der Waals surface area contributed by atoms with Crippen LogP contribution in [0.1, 0.15) is 54.7 Å². The first kappa shape index (κ1) is 21.7. The number of nitrogens with zero attached hydrogens (tertiary/aromatic N) is 3. The van der Waals surface area contributed by atoms with Gasteiger partial charge >= 0.3 is 0 Å². The topological polar surface area (TPSA) is 86.2 Å². The summed E-state index contributed by atoms with van der Waals surface area (Å²) in [4.78, 5) is 26.3. The number of pyridine rings is 1. The van der Waals surface area contributed by atoms with Crippen molar-refractivity contribution in [3.05, 3.63) is 66.4 Å². The number of nitrogens with one attached hydrogen (secondary N) is 1. The van der Waals surface area contributed by atoms with Crippen molar-refractivity contribution in [2.45, 2.75) is 51.2 Å². The quantitative estimate of drug-likeness (QED) is 0.550. The molecule has 1 saturated carbocycles. The molecule has 1 amide bonds. The van der Waals surface area contributed by atoms with Crippen LogP contribution in [0.25, 0.3) is 11.3 Å². The average molecular weight is 433 g/mol. The molecular formula is C25H28N4O3. The average Bonchev–Trinajstić information content (AvgIpc) is 3.12. The van der Waals surface area contributed by atoms with E-state index in [0.29, 0.717) is 22.8 Å². The highest BCUT2D eigenvalue weighted by molar-refractivity contribution is 5.99. The van der Waals surface area contributed by atoms with Crippen LogP contribution in [-0.4, -0.2) is 34.0 Å². The Morgan fingerprint density at radius 2 is 1.69 bits per heavy atom. The number of aromatic nitrogens is 3. The molecular weight excluding hydrogens is 404 g/mol. The standard InChI is InChI=1S/C25H28N4O3/c1-31-20-8-10-21(11-9-20)32-17-23-27-16-22(24(29-23)18-12-14-26-15-13-18)25(30)28-19-6-4-2-3-5-7-19/h8-16,19H,2-7,17H2,1H3,(H,28,30). The van der Waals surface area contributed by atoms with Crippen molar-refractivity contribution in [2.24, 2.45) is 0 Å². The number of carbonyl (C=O) groups excluding carboxylic acids is 1. The molecule has 1 fully saturated rings. The van der Waals surface area contributed by atoms with Crippen molar-refractivity contribution < 1.29 is 14.3 Å². The lowest BCUT2D eigenvalue weighted by atomic mass is 10.1. The maximum Gasteiger partial charge on any atom is 0.255 e. The van der Waals surface area contributed by atoms with Crippen LogP contribution in [0.3, 0.4) is 0 Å². The number of rotatable bonds is 7. The third-order valence-corrected chi connectivity index (χ3v) is 5.65. The van der Waals surface area contributed by atoms with E-state index in [1.807, 2.05) is 36.4 Å². The van der Waals surface area contributed by atoms with Gasteiger partial charge in [-0.25, -0.2) is 9.97 Å². The minimum Gasteiger partial charge on any atom is -0.497 e. The molecule has 1 aromatic carbocycles. The Bertz CT molecular complexity index is 1020. The van der Waals surface area contributed by atoms with E-state index in [9.17, 15) is 4.79 Å². The zero-order chi connectivity index (χ0) is 22.2. The fraction of sp³-hybridized carbons (Fsp3) is 0.360. The molecule has 0 aliphatic heterocycles. The van der Waals surface area contributed by atoms with Gasteiger partial charge < -0.3 is 14.8 Å². The third-order valence-electron chi connectivity index (χ3n) is 5.65. The maximum absolute atomic E-state index is 13.1. The van der Waals surface area contributed by atoms with Crippen LogP contribution in [0.5, 0.6) is 11.5 Å². The van der Waals surface area contributed by atoms with E-state index in [-0.39, 0.29) is 18.6 Å². The highest BCUT2D eigenvalue weighted by Gasteiger charge is 2.20. The van der Waals surface area contributed by atoms with Gasteiger partial charge in [0.15, 0.2) is 5.82 Å². The van der Waals surface area contributed by atoms with Gasteiger partial charge in [0.1, 0.15) is 18.1 Å². The smallest absolute Gasteiger partial charge is 0.255 e. The van der Waals surface area contributed by atoms with Gasteiger partial charge in [0.25, 0.3) is 5.91 Å². The first-order valence-corrected chi connectivity index (χ1v) is 11.1. The summed E-state index contributed by atoms with van der Waals surface area (Å²) in [7, 11) is 1.62. The molecule has 4 rings (SSSR count). The van der Waals surface area contributed by atoms with Gasteiger partial charge in [-0.05, 0) is 49.2 Å². The SMILES string of the molecule is COc1ccc(OCc2ncc(C(=O)NC3CCCCCC3)c(-c3ccncc3)n2)cc1. The van der Waals surface area contributed by atoms with E-state index in [2.05, 4.69) is 20.3 Å². The van der Waals surface area contributed by atoms with E-state index < -0.39 is 0 Å². The second kappa shape index (κ2) is 10.7. The Balaban J connectivity index is 1.54. The summed E-state index contributed by atoms with van der Waals surface area (Å²) in [6, 6.07) is 11.2. The molecule has 1 aliphatic rings. The van der Waals surface area contributed by atoms with E-state index in [1.54, 1.807) is 25.7 Å². The number of carbonyl (C=O) groups is 1. The predicted molar refractivity (Wildman–Crippen MR) is 122 cm³/mol. The van der Waals surface area contributed by atoms with Gasteiger partial charge in [0, 0.05) is 30.2 Å². The molecule has 0 spiro atoms. The lowest BCUT2D eigenvalue weighted by Gasteiger charge is -2.17. The van der Waals surface area contributed by atoms with Crippen molar-refractivity contribution >= 4 is 5.91 Å². The Labute approximate surface area is 188 Å². The number of benzene rings is 1. The molecule has 0 bridgehead atoms. The summed E-state index contributed by atoms with van der Waals surface area (Å²) in [6.45, 7) is 0.189. The second-order valence-electron chi connectivity index (χ2n) is 7.91. The van der Waals surface area contributed by atoms with Crippen molar-refractivity contribution in [3.8, 4) is 22.8 Å². The predicted octanol–water partition coefficient (Wildman–Crippen LogP) is 4.58. The first-order chi connectivity index (χ1) is 15.7. The van der Waals surface area contributed by atoms with Crippen LogP contribution in [0.4, 0.5) is 0 Å². The van der Waals surface area contributed by atoms with Crippen molar-refractivity contribution in [2.75, 3.05) is 7.11 Å². The molecule has 2 heterocycles. The minimum absolute atomic E-state index is 0.133. The van der Waals surface area contributed by atoms with Gasteiger partial charge in [-0.15, -0.1) is 0 Å². The van der Waals surface area contributed by atoms with E-state index >= 15 is 0 Å². The summed E-state index contributed by atoms with van der Waals surface area (Å²) in [5, 5.41) is 3.20. The molecule has 166 valence electrons. The van der Waals surface area contributed by atoms with Gasteiger partial charge in [0.05, 0.1) is 18.4 Å². The molecule has 1 aliphatic carbocycles. The zero-order valence-corrected chi connectivity index (χ0v) is 18.3. The van der Waals surface area contributed by atoms with Crippen molar-refractivity contribution in [1.82, 2.24) is 20.3 Å². The van der Waals surface area contributed by atoms with Gasteiger partial charge in [-0.1, -0.05) is 25.7 Å². The monoisotopic (exact) mass is 432 g/mol. The van der Waals surface area contributed by atoms with Crippen LogP contribution >= 0.6 is 0 Å². The Hall–Kier alpha value is -3.48. The summed E-state index contributed by atoms with van der Waals surface area (Å²) < 4.78 is 11.0. The van der Waals surface area contributed by atoms with Crippen LogP contribution in [-0.2, 0) is 6.61 Å². The maximum atomic E-state index is 13.1. The third kappa shape index (κ3) is 5.60. The van der Waals surface area contributed by atoms with Gasteiger partial charge in [-0.3, -0.25) is 9.78 Å². The highest BCUT2D eigenvalue weighted by atomic mass is 16.5. The summed E-state index contributed by atoms with van der Waals surface area (Å²) >= 11 is 0. The Morgan fingerprint density at radius 3 is 2.38 bits per heavy atom. The molecule has 0 unspecified atom stereocenters. The first-order valence-electron chi connectivity index (χ1n) is 11.1. The van der Waals surface area contributed by atoms with Gasteiger partial charge in [-0.2, -0.15) is 0 Å². The number of hydrogen-bond acceptors (Lipinski definition) is 6. The van der Waals surface area contributed by atoms with E-state index in [1.165, 1.54) is 12.8 Å². The lowest BCUT2D eigenvalue weighted by Crippen LogP contribution is -2.35. The van der Waals surface area contributed by atoms with Crippen LogP contribution in [0.15, 0.2) is 55.0 Å². The normalized spacial score (nSPS) is 14.4. The summed E-state index contributed by atoms with van der Waals surface area (Å²) in [6.07, 6.45) is 11.8. The van der Waals surface area contributed by atoms with Crippen molar-refractivity contribution in [1.29, 1.82) is 0 Å². The number of methoxy groups -OCH3 is 1. The van der Waals surface area contributed by atoms with Crippen LogP contribution in [0, 0.1) is 0 Å². The molecule has 0 atom stereocenters. The lowest BCUT2D eigenvalue weighted by molar-refractivity contribution is 0.0933. The molecule has 0 radical (unpaired) electrons. The summed E-state index contributed by atoms with van der Waals surface area (Å²) in [5.74, 6) is 1.82. The van der Waals surface area contributed by atoms with E-state index in [0.717, 1.165) is 37.0 Å². The van der Waals surface area contributed by atoms with Crippen LogP contribution in [0.2, 0.25) is 0 Å². The number of amides is 1. The van der Waals surface area contributed by atoms with E-state index in [4.69, 9.17) is 9.47 Å². The highest BCUT2D eigenvalue weighted by Crippen LogP contribution is 2.23. The van der Waals surface area contributed by atoms with Crippen molar-refractivity contribution in [3.63, 3.8) is 0 Å². The molecule has 2 aromatic heterocycles. The molecule has 7 heteroatoms. The fourth-order valence-electron chi connectivity index (χ4n) is 3.89. The Morgan fingerprint density at radius 1 is 1.00 bits per heavy atom. The molecule has 1 N–H and O–H groups in total. The number of hydrogen-bond donors (Lipinski definition) is 1. The molecule has 3 aromatic rings. The van der Waals surface area contributed by atoms with Crippen LogP contribution < -0.4 is 14.8 Å². The zero-order valence-electron chi connectivity index (χ0n) is 18.3. The molecule has 0 saturated heterocycles. The minimum atomic E-state index is -0.133. The van der Waals surface area contributed by atoms with Gasteiger partial charge in [0.2, 0.25) is 0 Å². The summed E-state index contributed by atoms with van der Waals surface area (Å²) in [5.41, 5.74) is 1.87.